The highest BCUT2D eigenvalue weighted by molar-refractivity contribution is 5.26. The zero-order valence-corrected chi connectivity index (χ0v) is 12.0. The number of hydrogen-bond acceptors (Lipinski definition) is 2. The summed E-state index contributed by atoms with van der Waals surface area (Å²) in [4.78, 5) is 0. The summed E-state index contributed by atoms with van der Waals surface area (Å²) in [5.74, 6) is 0.588. The smallest absolute Gasteiger partial charge is 0.0957 e. The first-order valence-corrected chi connectivity index (χ1v) is 7.02. The molecular formula is C16H25NO. The van der Waals surface area contributed by atoms with E-state index in [9.17, 15) is 0 Å². The van der Waals surface area contributed by atoms with E-state index in [0.29, 0.717) is 5.92 Å². The van der Waals surface area contributed by atoms with Crippen molar-refractivity contribution in [2.24, 2.45) is 0 Å². The van der Waals surface area contributed by atoms with Crippen molar-refractivity contribution in [2.45, 2.75) is 51.7 Å². The molecule has 1 aromatic carbocycles. The van der Waals surface area contributed by atoms with Crippen molar-refractivity contribution in [3.63, 3.8) is 0 Å². The third-order valence-electron chi connectivity index (χ3n) is 3.98. The van der Waals surface area contributed by atoms with Crippen LogP contribution in [0.25, 0.3) is 0 Å². The Morgan fingerprint density at radius 2 is 2.00 bits per heavy atom. The lowest BCUT2D eigenvalue weighted by Gasteiger charge is -2.39. The molecule has 0 aromatic heterocycles. The summed E-state index contributed by atoms with van der Waals surface area (Å²) in [6.07, 6.45) is 1.23. The molecule has 0 bridgehead atoms. The maximum absolute atomic E-state index is 6.25. The fourth-order valence-electron chi connectivity index (χ4n) is 2.38. The van der Waals surface area contributed by atoms with Gasteiger partial charge in [0.25, 0.3) is 0 Å². The molecular weight excluding hydrogens is 222 g/mol. The summed E-state index contributed by atoms with van der Waals surface area (Å²) in [6, 6.07) is 8.87. The quantitative estimate of drug-likeness (QED) is 0.880. The van der Waals surface area contributed by atoms with Crippen LogP contribution in [0.4, 0.5) is 0 Å². The van der Waals surface area contributed by atoms with Crippen LogP contribution >= 0.6 is 0 Å². The maximum Gasteiger partial charge on any atom is 0.0957 e. The van der Waals surface area contributed by atoms with Crippen molar-refractivity contribution in [3.8, 4) is 0 Å². The van der Waals surface area contributed by atoms with Crippen molar-refractivity contribution < 1.29 is 4.74 Å². The van der Waals surface area contributed by atoms with E-state index >= 15 is 0 Å². The van der Waals surface area contributed by atoms with Gasteiger partial charge in [0.05, 0.1) is 11.7 Å². The van der Waals surface area contributed by atoms with Gasteiger partial charge in [-0.2, -0.15) is 0 Å². The Labute approximate surface area is 111 Å². The van der Waals surface area contributed by atoms with Gasteiger partial charge in [0.1, 0.15) is 0 Å². The van der Waals surface area contributed by atoms with Gasteiger partial charge < -0.3 is 10.1 Å². The third-order valence-corrected chi connectivity index (χ3v) is 3.98. The number of hydrogen-bond donors (Lipinski definition) is 1. The van der Waals surface area contributed by atoms with E-state index < -0.39 is 0 Å². The molecule has 1 fully saturated rings. The summed E-state index contributed by atoms with van der Waals surface area (Å²) < 4.78 is 6.25. The van der Waals surface area contributed by atoms with Crippen molar-refractivity contribution in [2.75, 3.05) is 13.1 Å². The zero-order valence-electron chi connectivity index (χ0n) is 12.0. The second kappa shape index (κ2) is 5.41. The van der Waals surface area contributed by atoms with Crippen molar-refractivity contribution in [3.05, 3.63) is 35.4 Å². The van der Waals surface area contributed by atoms with Gasteiger partial charge in [-0.15, -0.1) is 0 Å². The molecule has 0 aliphatic carbocycles. The monoisotopic (exact) mass is 247 g/mol. The topological polar surface area (TPSA) is 21.3 Å². The van der Waals surface area contributed by atoms with Crippen LogP contribution in [0.3, 0.4) is 0 Å². The van der Waals surface area contributed by atoms with Gasteiger partial charge >= 0.3 is 0 Å². The average molecular weight is 247 g/mol. The summed E-state index contributed by atoms with van der Waals surface area (Å²) in [5, 5.41) is 3.49. The van der Waals surface area contributed by atoms with E-state index in [-0.39, 0.29) is 11.7 Å². The first kappa shape index (κ1) is 13.6. The normalized spacial score (nSPS) is 28.6. The predicted molar refractivity (Wildman–Crippen MR) is 75.9 cm³/mol. The molecule has 1 aromatic rings. The van der Waals surface area contributed by atoms with Crippen LogP contribution in [0.15, 0.2) is 24.3 Å². The van der Waals surface area contributed by atoms with Crippen LogP contribution in [0, 0.1) is 0 Å². The van der Waals surface area contributed by atoms with E-state index in [2.05, 4.69) is 57.3 Å². The number of nitrogens with one attached hydrogen (secondary N) is 1. The van der Waals surface area contributed by atoms with Crippen LogP contribution in [-0.4, -0.2) is 18.7 Å². The zero-order chi connectivity index (χ0) is 13.2. The number of ether oxygens (including phenoxy) is 1. The Hall–Kier alpha value is -0.860. The molecule has 0 amide bonds. The van der Waals surface area contributed by atoms with E-state index in [1.165, 1.54) is 11.1 Å². The number of benzene rings is 1. The molecule has 0 saturated carbocycles. The standard InChI is InChI=1S/C16H25NO/c1-5-16(4)11-17-10-15(18-16)14-8-6-13(7-9-14)12(2)3/h6-9,12,15,17H,5,10-11H2,1-4H3. The van der Waals surface area contributed by atoms with Crippen LogP contribution in [0.5, 0.6) is 0 Å². The molecule has 2 rings (SSSR count). The molecule has 18 heavy (non-hydrogen) atoms. The second-order valence-corrected chi connectivity index (χ2v) is 5.86. The lowest BCUT2D eigenvalue weighted by Crippen LogP contribution is -2.48. The molecule has 1 aliphatic heterocycles. The van der Waals surface area contributed by atoms with Gasteiger partial charge in [0.2, 0.25) is 0 Å². The molecule has 0 spiro atoms. The van der Waals surface area contributed by atoms with Gasteiger partial charge in [-0.25, -0.2) is 0 Å². The summed E-state index contributed by atoms with van der Waals surface area (Å²) >= 11 is 0. The molecule has 2 unspecified atom stereocenters. The van der Waals surface area contributed by atoms with E-state index in [1.54, 1.807) is 0 Å². The summed E-state index contributed by atoms with van der Waals surface area (Å²) in [7, 11) is 0. The predicted octanol–water partition coefficient (Wildman–Crippen LogP) is 3.64. The van der Waals surface area contributed by atoms with Gasteiger partial charge in [-0.1, -0.05) is 45.0 Å². The molecule has 1 heterocycles. The van der Waals surface area contributed by atoms with Crippen LogP contribution in [-0.2, 0) is 4.74 Å². The summed E-state index contributed by atoms with van der Waals surface area (Å²) in [6.45, 7) is 10.7. The van der Waals surface area contributed by atoms with Gasteiger partial charge in [-0.05, 0) is 30.4 Å². The molecule has 1 N–H and O–H groups in total. The SMILES string of the molecule is CCC1(C)CNCC(c2ccc(C(C)C)cc2)O1. The molecule has 1 saturated heterocycles. The first-order valence-electron chi connectivity index (χ1n) is 7.02. The van der Waals surface area contributed by atoms with E-state index in [0.717, 1.165) is 19.5 Å². The minimum absolute atomic E-state index is 0.0281. The van der Waals surface area contributed by atoms with E-state index in [4.69, 9.17) is 4.74 Å². The lowest BCUT2D eigenvalue weighted by atomic mass is 9.96. The largest absolute Gasteiger partial charge is 0.365 e. The minimum atomic E-state index is -0.0281. The third kappa shape index (κ3) is 2.93. The summed E-state index contributed by atoms with van der Waals surface area (Å²) in [5.41, 5.74) is 2.65. The Morgan fingerprint density at radius 3 is 2.56 bits per heavy atom. The van der Waals surface area contributed by atoms with Crippen LogP contribution < -0.4 is 5.32 Å². The Bertz CT molecular complexity index is 385. The van der Waals surface area contributed by atoms with E-state index in [1.807, 2.05) is 0 Å². The Morgan fingerprint density at radius 1 is 1.33 bits per heavy atom. The molecule has 100 valence electrons. The first-order chi connectivity index (χ1) is 8.54. The molecule has 1 aliphatic rings. The molecule has 2 heteroatoms. The van der Waals surface area contributed by atoms with Gasteiger partial charge in [0, 0.05) is 13.1 Å². The van der Waals surface area contributed by atoms with Gasteiger partial charge in [0.15, 0.2) is 0 Å². The molecule has 2 atom stereocenters. The van der Waals surface area contributed by atoms with Crippen LogP contribution in [0.1, 0.15) is 57.3 Å². The Kier molecular flexibility index (Phi) is 4.08. The fraction of sp³-hybridized carbons (Fsp3) is 0.625. The highest BCUT2D eigenvalue weighted by Gasteiger charge is 2.31. The highest BCUT2D eigenvalue weighted by Crippen LogP contribution is 2.29. The number of rotatable bonds is 3. The number of morpholine rings is 1. The Balaban J connectivity index is 2.11. The lowest BCUT2D eigenvalue weighted by molar-refractivity contribution is -0.109. The van der Waals surface area contributed by atoms with Crippen LogP contribution in [0.2, 0.25) is 0 Å². The average Bonchev–Trinajstić information content (AvgIpc) is 2.39. The van der Waals surface area contributed by atoms with Crippen molar-refractivity contribution in [1.29, 1.82) is 0 Å². The van der Waals surface area contributed by atoms with Gasteiger partial charge in [-0.3, -0.25) is 0 Å². The fourth-order valence-corrected chi connectivity index (χ4v) is 2.38. The second-order valence-electron chi connectivity index (χ2n) is 5.86. The minimum Gasteiger partial charge on any atom is -0.365 e. The molecule has 2 nitrogen and oxygen atoms in total. The highest BCUT2D eigenvalue weighted by atomic mass is 16.5. The maximum atomic E-state index is 6.25. The van der Waals surface area contributed by atoms with Crippen molar-refractivity contribution in [1.82, 2.24) is 5.32 Å². The van der Waals surface area contributed by atoms with Crippen molar-refractivity contribution >= 4 is 0 Å². The molecule has 0 radical (unpaired) electrons.